The molecule has 0 amide bonds. The van der Waals surface area contributed by atoms with Gasteiger partial charge in [-0.15, -0.1) is 0 Å². The van der Waals surface area contributed by atoms with Gasteiger partial charge in [0.1, 0.15) is 10.4 Å². The van der Waals surface area contributed by atoms with E-state index in [9.17, 15) is 14.7 Å². The van der Waals surface area contributed by atoms with Gasteiger partial charge in [0, 0.05) is 42.7 Å². The van der Waals surface area contributed by atoms with E-state index in [-0.39, 0.29) is 6.61 Å². The molecule has 0 rings (SSSR count). The Kier molecular flexibility index (Phi) is 10.3. The maximum absolute atomic E-state index is 12.7. The van der Waals surface area contributed by atoms with Crippen LogP contribution in [0.25, 0.3) is 0 Å². The van der Waals surface area contributed by atoms with Crippen LogP contribution in [0.15, 0.2) is 10.4 Å². The molecule has 0 bridgehead atoms. The van der Waals surface area contributed by atoms with Crippen molar-refractivity contribution in [3.8, 4) is 0 Å². The summed E-state index contributed by atoms with van der Waals surface area (Å²) in [6.45, 7) is 1.86. The van der Waals surface area contributed by atoms with E-state index in [1.807, 2.05) is 0 Å². The van der Waals surface area contributed by atoms with Gasteiger partial charge in [0.05, 0.1) is 6.61 Å². The SMILES string of the molecule is CCCOC(=O)/C(=C(\C(=O)O)[Si](OC)(OC)OC)[Si](OC)(OC)OC. The van der Waals surface area contributed by atoms with Gasteiger partial charge < -0.3 is 36.4 Å². The number of hydrogen-bond donors (Lipinski definition) is 1. The number of hydrogen-bond acceptors (Lipinski definition) is 9. The van der Waals surface area contributed by atoms with Crippen molar-refractivity contribution in [2.75, 3.05) is 49.3 Å². The van der Waals surface area contributed by atoms with E-state index >= 15 is 0 Å². The summed E-state index contributed by atoms with van der Waals surface area (Å²) >= 11 is 0. The molecule has 146 valence electrons. The molecule has 10 nitrogen and oxygen atoms in total. The lowest BCUT2D eigenvalue weighted by Crippen LogP contribution is -2.56. The largest absolute Gasteiger partial charge is 0.544 e. The van der Waals surface area contributed by atoms with Crippen LogP contribution in [-0.2, 0) is 40.9 Å². The van der Waals surface area contributed by atoms with Crippen LogP contribution >= 0.6 is 0 Å². The zero-order valence-electron chi connectivity index (χ0n) is 15.5. The molecule has 0 aliphatic heterocycles. The molecule has 1 N–H and O–H groups in total. The molecule has 0 aliphatic carbocycles. The molecule has 0 saturated heterocycles. The maximum atomic E-state index is 12.7. The maximum Gasteiger partial charge on any atom is 0.544 e. The number of carboxylic acid groups (broad SMARTS) is 1. The summed E-state index contributed by atoms with van der Waals surface area (Å²) in [5, 5.41) is 8.79. The van der Waals surface area contributed by atoms with E-state index < -0.39 is 39.9 Å². The molecular formula is C13H26O10Si2. The molecule has 0 spiro atoms. The third-order valence-electron chi connectivity index (χ3n) is 3.33. The summed E-state index contributed by atoms with van der Waals surface area (Å²) in [7, 11) is -0.527. The van der Waals surface area contributed by atoms with Crippen molar-refractivity contribution in [2.24, 2.45) is 0 Å². The fraction of sp³-hybridized carbons (Fsp3) is 0.692. The second-order valence-electron chi connectivity index (χ2n) is 4.53. The summed E-state index contributed by atoms with van der Waals surface area (Å²) in [5.41, 5.74) is 0. The number of carboxylic acids is 1. The zero-order valence-corrected chi connectivity index (χ0v) is 17.5. The van der Waals surface area contributed by atoms with Gasteiger partial charge in [-0.3, -0.25) is 0 Å². The molecule has 0 aromatic carbocycles. The van der Waals surface area contributed by atoms with Crippen molar-refractivity contribution in [1.29, 1.82) is 0 Å². The normalized spacial score (nSPS) is 13.4. The molecule has 0 fully saturated rings. The van der Waals surface area contributed by atoms with E-state index in [0.29, 0.717) is 6.42 Å². The van der Waals surface area contributed by atoms with Gasteiger partial charge in [-0.05, 0) is 6.42 Å². The fourth-order valence-electron chi connectivity index (χ4n) is 2.15. The van der Waals surface area contributed by atoms with Gasteiger partial charge in [0.25, 0.3) is 0 Å². The lowest BCUT2D eigenvalue weighted by molar-refractivity contribution is -0.140. The standard InChI is InChI=1S/C13H26O10Si2/c1-8-9-23-13(16)11(25(20-5,21-6)22-7)10(12(14)15)24(17-2,18-3)19-4/h8-9H2,1-7H3,(H,14,15)/b11-10-. The van der Waals surface area contributed by atoms with Crippen LogP contribution in [0.5, 0.6) is 0 Å². The second-order valence-corrected chi connectivity index (χ2v) is 10.2. The van der Waals surface area contributed by atoms with E-state index in [0.717, 1.165) is 0 Å². The summed E-state index contributed by atoms with van der Waals surface area (Å²) in [5.74, 6) is -2.46. The number of aliphatic carboxylic acids is 1. The Morgan fingerprint density at radius 1 is 0.760 bits per heavy atom. The Balaban J connectivity index is 6.86. The highest BCUT2D eigenvalue weighted by molar-refractivity contribution is 6.82. The van der Waals surface area contributed by atoms with Crippen LogP contribution in [0.2, 0.25) is 0 Å². The Morgan fingerprint density at radius 2 is 1.12 bits per heavy atom. The lowest BCUT2D eigenvalue weighted by Gasteiger charge is -2.31. The molecule has 0 saturated carbocycles. The molecule has 0 radical (unpaired) electrons. The quantitative estimate of drug-likeness (QED) is 0.276. The van der Waals surface area contributed by atoms with E-state index in [1.165, 1.54) is 42.7 Å². The van der Waals surface area contributed by atoms with Crippen molar-refractivity contribution < 1.29 is 46.0 Å². The van der Waals surface area contributed by atoms with E-state index in [4.69, 9.17) is 31.3 Å². The molecule has 12 heteroatoms. The van der Waals surface area contributed by atoms with Crippen molar-refractivity contribution in [1.82, 2.24) is 0 Å². The first-order valence-corrected chi connectivity index (χ1v) is 10.7. The Bertz CT molecular complexity index is 469. The second kappa shape index (κ2) is 10.8. The molecule has 0 aromatic rings. The highest BCUT2D eigenvalue weighted by Crippen LogP contribution is 2.30. The summed E-state index contributed by atoms with van der Waals surface area (Å²) in [4.78, 5) is 24.7. The summed E-state index contributed by atoms with van der Waals surface area (Å²) in [6, 6.07) is 0. The summed E-state index contributed by atoms with van der Waals surface area (Å²) in [6.07, 6.45) is 0.532. The highest BCUT2D eigenvalue weighted by Gasteiger charge is 2.59. The average Bonchev–Trinajstić information content (AvgIpc) is 2.63. The minimum absolute atomic E-state index is 0.0678. The molecule has 0 heterocycles. The van der Waals surface area contributed by atoms with Gasteiger partial charge in [-0.1, -0.05) is 6.92 Å². The zero-order chi connectivity index (χ0) is 19.7. The summed E-state index contributed by atoms with van der Waals surface area (Å²) < 4.78 is 36.7. The van der Waals surface area contributed by atoms with Crippen molar-refractivity contribution >= 4 is 29.5 Å². The van der Waals surface area contributed by atoms with Gasteiger partial charge >= 0.3 is 29.5 Å². The number of rotatable bonds is 12. The topological polar surface area (TPSA) is 119 Å². The molecular weight excluding hydrogens is 372 g/mol. The van der Waals surface area contributed by atoms with Gasteiger partial charge in [0.2, 0.25) is 0 Å². The smallest absolute Gasteiger partial charge is 0.478 e. The molecule has 0 aliphatic rings. The predicted molar refractivity (Wildman–Crippen MR) is 89.5 cm³/mol. The van der Waals surface area contributed by atoms with Crippen molar-refractivity contribution in [2.45, 2.75) is 13.3 Å². The number of esters is 1. The van der Waals surface area contributed by atoms with Crippen LogP contribution in [0.3, 0.4) is 0 Å². The van der Waals surface area contributed by atoms with Gasteiger partial charge in [0.15, 0.2) is 0 Å². The van der Waals surface area contributed by atoms with Gasteiger partial charge in [-0.25, -0.2) is 9.59 Å². The first-order chi connectivity index (χ1) is 11.8. The van der Waals surface area contributed by atoms with Crippen molar-refractivity contribution in [3.63, 3.8) is 0 Å². The lowest BCUT2D eigenvalue weighted by atomic mass is 10.4. The fourth-order valence-corrected chi connectivity index (χ4v) is 6.70. The Labute approximate surface area is 149 Å². The van der Waals surface area contributed by atoms with E-state index in [1.54, 1.807) is 6.92 Å². The highest BCUT2D eigenvalue weighted by atomic mass is 28.4. The first-order valence-electron chi connectivity index (χ1n) is 7.26. The molecule has 25 heavy (non-hydrogen) atoms. The van der Waals surface area contributed by atoms with Gasteiger partial charge in [-0.2, -0.15) is 0 Å². The predicted octanol–water partition coefficient (Wildman–Crippen LogP) is 0.155. The number of carbonyl (C=O) groups excluding carboxylic acids is 1. The van der Waals surface area contributed by atoms with Crippen LogP contribution in [0.4, 0.5) is 0 Å². The number of carbonyl (C=O) groups is 2. The Morgan fingerprint density at radius 3 is 1.40 bits per heavy atom. The van der Waals surface area contributed by atoms with Crippen LogP contribution in [-0.4, -0.2) is 83.9 Å². The average molecular weight is 399 g/mol. The van der Waals surface area contributed by atoms with Crippen LogP contribution in [0.1, 0.15) is 13.3 Å². The third-order valence-corrected chi connectivity index (χ3v) is 8.95. The first kappa shape index (κ1) is 23.9. The van der Waals surface area contributed by atoms with Crippen molar-refractivity contribution in [3.05, 3.63) is 10.4 Å². The van der Waals surface area contributed by atoms with Crippen LogP contribution < -0.4 is 0 Å². The van der Waals surface area contributed by atoms with E-state index in [2.05, 4.69) is 0 Å². The monoisotopic (exact) mass is 398 g/mol. The molecule has 0 unspecified atom stereocenters. The molecule has 0 atom stereocenters. The molecule has 0 aromatic heterocycles. The minimum Gasteiger partial charge on any atom is -0.478 e. The third kappa shape index (κ3) is 4.95. The Hall–Kier alpha value is -1.13. The van der Waals surface area contributed by atoms with Crippen LogP contribution in [0, 0.1) is 0 Å². The minimum atomic E-state index is -3.96. The number of ether oxygens (including phenoxy) is 1.